The molecule has 90 heavy (non-hydrogen) atoms. The number of hydrogen-bond donors (Lipinski definition) is 3. The van der Waals surface area contributed by atoms with Gasteiger partial charge in [-0.25, -0.2) is 38.7 Å². The molecule has 0 unspecified atom stereocenters. The fourth-order valence-corrected chi connectivity index (χ4v) is 10.1. The van der Waals surface area contributed by atoms with E-state index in [9.17, 15) is 48.3 Å². The van der Waals surface area contributed by atoms with Crippen LogP contribution >= 0.6 is 11.6 Å². The van der Waals surface area contributed by atoms with Crippen LogP contribution in [0.2, 0.25) is 0 Å². The molecule has 4 aromatic rings. The summed E-state index contributed by atoms with van der Waals surface area (Å²) in [7, 11) is 5.45. The number of carboxylic acids is 1. The molecule has 8 atom stereocenters. The Balaban J connectivity index is 0.000000256. The number of hydrogen-bond acceptors (Lipinski definition) is 20. The highest BCUT2D eigenvalue weighted by Crippen LogP contribution is 2.47. The van der Waals surface area contributed by atoms with Crippen molar-refractivity contribution in [3.63, 3.8) is 0 Å². The highest BCUT2D eigenvalue weighted by Gasteiger charge is 2.63. The Kier molecular flexibility index (Phi) is 22.4. The van der Waals surface area contributed by atoms with Crippen LogP contribution in [0, 0.1) is 17.8 Å². The van der Waals surface area contributed by atoms with Gasteiger partial charge >= 0.3 is 41.7 Å². The van der Waals surface area contributed by atoms with E-state index in [0.29, 0.717) is 64.9 Å². The van der Waals surface area contributed by atoms with E-state index < -0.39 is 99.7 Å². The van der Waals surface area contributed by atoms with Crippen LogP contribution in [0.3, 0.4) is 0 Å². The zero-order valence-electron chi connectivity index (χ0n) is 52.1. The molecule has 2 saturated heterocycles. The first kappa shape index (κ1) is 69.7. The molecule has 0 bridgehead atoms. The van der Waals surface area contributed by atoms with Gasteiger partial charge in [0.25, 0.3) is 5.78 Å². The van der Waals surface area contributed by atoms with Crippen LogP contribution in [-0.4, -0.2) is 184 Å². The summed E-state index contributed by atoms with van der Waals surface area (Å²) in [5.41, 5.74) is 4.39. The molecule has 4 amide bonds. The second-order valence-electron chi connectivity index (χ2n) is 23.9. The van der Waals surface area contributed by atoms with Crippen LogP contribution in [0.1, 0.15) is 102 Å². The number of ketones is 1. The number of nitrogens with one attached hydrogen (secondary N) is 2. The highest BCUT2D eigenvalue weighted by molar-refractivity contribution is 6.61. The summed E-state index contributed by atoms with van der Waals surface area (Å²) >= 11 is 4.86. The number of aromatic nitrogens is 2. The zero-order valence-corrected chi connectivity index (χ0v) is 52.9. The third-order valence-corrected chi connectivity index (χ3v) is 14.6. The average molecular weight is 1270 g/mol. The predicted octanol–water partition coefficient (Wildman–Crippen LogP) is 7.67. The second-order valence-corrected chi connectivity index (χ2v) is 24.2. The van der Waals surface area contributed by atoms with Crippen LogP contribution in [0.5, 0.6) is 23.0 Å². The van der Waals surface area contributed by atoms with Gasteiger partial charge in [-0.05, 0) is 84.6 Å². The first-order valence-corrected chi connectivity index (χ1v) is 28.8. The fraction of sp³-hybridized carbons (Fsp3) is 0.484. The van der Waals surface area contributed by atoms with E-state index in [0.717, 1.165) is 0 Å². The van der Waals surface area contributed by atoms with Gasteiger partial charge in [-0.3, -0.25) is 24.2 Å². The van der Waals surface area contributed by atoms with Gasteiger partial charge in [0, 0.05) is 71.3 Å². The Morgan fingerprint density at radius 3 is 1.43 bits per heavy atom. The molecule has 2 saturated carbocycles. The lowest BCUT2D eigenvalue weighted by Gasteiger charge is -2.28. The number of aromatic carboxylic acids is 1. The Morgan fingerprint density at radius 1 is 0.700 bits per heavy atom. The van der Waals surface area contributed by atoms with Crippen molar-refractivity contribution in [2.24, 2.45) is 17.8 Å². The first-order chi connectivity index (χ1) is 42.3. The maximum Gasteiger partial charge on any atom is 0.411 e. The van der Waals surface area contributed by atoms with Crippen molar-refractivity contribution in [3.8, 4) is 23.0 Å². The molecule has 2 aliphatic carbocycles. The number of halogens is 1. The van der Waals surface area contributed by atoms with Gasteiger partial charge in [-0.1, -0.05) is 26.0 Å². The number of nitrogens with zero attached hydrogens (tertiary/aromatic N) is 6. The Bertz CT molecular complexity index is 3510. The summed E-state index contributed by atoms with van der Waals surface area (Å²) in [6, 6.07) is 10.6. The topological polar surface area (TPSA) is 350 Å². The molecular weight excluding hydrogens is 1200 g/mol. The molecule has 8 rings (SSSR count). The maximum absolute atomic E-state index is 13.6. The zero-order chi connectivity index (χ0) is 66.8. The van der Waals surface area contributed by atoms with E-state index in [1.165, 1.54) is 50.4 Å². The highest BCUT2D eigenvalue weighted by atomic mass is 35.5. The normalized spacial score (nSPS) is 22.1. The molecule has 2 aromatic carbocycles. The fourth-order valence-electron chi connectivity index (χ4n) is 10.0. The molecule has 0 spiro atoms. The number of carbonyl (C=O) groups excluding carboxylic acids is 8. The molecule has 2 aromatic heterocycles. The quantitative estimate of drug-likeness (QED) is 0.0118. The number of pyridine rings is 2. The van der Waals surface area contributed by atoms with Crippen LogP contribution in [0.15, 0.2) is 73.8 Å². The lowest BCUT2D eigenvalue weighted by Crippen LogP contribution is -2.53. The lowest BCUT2D eigenvalue weighted by molar-refractivity contribution is -0.147. The van der Waals surface area contributed by atoms with Crippen molar-refractivity contribution in [1.29, 1.82) is 0 Å². The van der Waals surface area contributed by atoms with Crippen molar-refractivity contribution in [3.05, 3.63) is 90.8 Å². The SMILES string of the molecule is C=C[C@H]1C[C@]1(NC(=O)[C@@H]1C[C@@H](Oc2cc(C(=O)C=[N+]=[N-])nc3cc(OC)ccc23)CN1C(=O)OC(C)(C)C)C(=O)OC.C=C[C@H]1C[C@]1(NC(=O)[C@@H]1C[C@@H](Oc2cc(C(=O)O)nc3cc(OC)ccc23)CN1C(=O)OC(C)(C)C)C(=O)OC.CC(C)COC(=O)Cl. The smallest absolute Gasteiger partial charge is 0.411 e. The minimum Gasteiger partial charge on any atom is -0.497 e. The average Bonchev–Trinajstić information content (AvgIpc) is 1.59. The number of amides is 4. The van der Waals surface area contributed by atoms with Crippen molar-refractivity contribution in [2.75, 3.05) is 48.1 Å². The van der Waals surface area contributed by atoms with Gasteiger partial charge in [0.2, 0.25) is 11.8 Å². The van der Waals surface area contributed by atoms with Crippen molar-refractivity contribution in [1.82, 2.24) is 30.4 Å². The van der Waals surface area contributed by atoms with Gasteiger partial charge in [0.15, 0.2) is 5.69 Å². The van der Waals surface area contributed by atoms with Gasteiger partial charge in [0.1, 0.15) is 75.3 Å². The van der Waals surface area contributed by atoms with Crippen molar-refractivity contribution in [2.45, 2.75) is 128 Å². The van der Waals surface area contributed by atoms with E-state index >= 15 is 0 Å². The summed E-state index contributed by atoms with van der Waals surface area (Å²) in [4.78, 5) is 126. The molecule has 484 valence electrons. The number of methoxy groups -OCH3 is 4. The maximum atomic E-state index is 13.6. The van der Waals surface area contributed by atoms with Crippen molar-refractivity contribution >= 4 is 92.7 Å². The summed E-state index contributed by atoms with van der Waals surface area (Å²) in [6.07, 6.45) is 1.77. The Morgan fingerprint density at radius 2 is 1.11 bits per heavy atom. The number of benzene rings is 2. The van der Waals surface area contributed by atoms with E-state index in [-0.39, 0.29) is 60.7 Å². The summed E-state index contributed by atoms with van der Waals surface area (Å²) in [6.45, 7) is 21.9. The first-order valence-electron chi connectivity index (χ1n) is 28.4. The van der Waals surface area contributed by atoms with Crippen LogP contribution in [0.25, 0.3) is 27.3 Å². The number of esters is 2. The number of ether oxygens (including phenoxy) is 9. The predicted molar refractivity (Wildman–Crippen MR) is 324 cm³/mol. The van der Waals surface area contributed by atoms with Gasteiger partial charge in [-0.2, -0.15) is 4.79 Å². The van der Waals surface area contributed by atoms with E-state index in [1.807, 2.05) is 13.8 Å². The molecule has 4 heterocycles. The van der Waals surface area contributed by atoms with Crippen molar-refractivity contribution < 1.29 is 95.7 Å². The molecule has 2 aliphatic heterocycles. The summed E-state index contributed by atoms with van der Waals surface area (Å²) < 4.78 is 48.4. The van der Waals surface area contributed by atoms with Crippen LogP contribution in [0.4, 0.5) is 14.4 Å². The number of fused-ring (bicyclic) bond motifs is 2. The second kappa shape index (κ2) is 28.9. The Labute approximate surface area is 524 Å². The third-order valence-electron chi connectivity index (χ3n) is 14.5. The number of carboxylic acid groups (broad SMARTS) is 1. The standard InChI is InChI=1S/C29H33N5O8.C28H33N3O9.C5H9ClO2/c1-7-16-13-29(16,26(37)40-6)33-25(36)22-11-18(15-34(22)27(38)42-28(2,3)4)41-24-12-21(23(35)14-31-30)32-20-10-17(39-5)8-9-19(20)24;1-7-15-13-28(15,25(35)38-6)30-23(32)21-11-17(14-31(21)26(36)40-27(2,3)4)39-22-12-20(24(33)34)29-19-10-16(37-5)8-9-18(19)22;1-4(2)3-8-5(6)7/h7-10,12,14,16,18,22H,1,11,13,15H2,2-6H3,(H,33,36);7-10,12,15,17,21H,1,11,13-14H2,2-6H3,(H,30,32)(H,33,34);4H,3H2,1-2H3/t16-,18+,22-,29+;15-,17+,21-,28+;/m00./s1. The van der Waals surface area contributed by atoms with Gasteiger partial charge in [-0.15, -0.1) is 13.2 Å². The molecular formula is C62H75ClN8O19. The molecule has 4 aliphatic rings. The monoisotopic (exact) mass is 1270 g/mol. The minimum absolute atomic E-state index is 0.0223. The molecule has 4 fully saturated rings. The molecule has 3 N–H and O–H groups in total. The summed E-state index contributed by atoms with van der Waals surface area (Å²) in [5.74, 6) is -3.04. The van der Waals surface area contributed by atoms with E-state index in [1.54, 1.807) is 90.1 Å². The van der Waals surface area contributed by atoms with Gasteiger partial charge < -0.3 is 63.9 Å². The van der Waals surface area contributed by atoms with Crippen LogP contribution in [-0.2, 0) is 42.9 Å². The summed E-state index contributed by atoms with van der Waals surface area (Å²) in [5, 5.41) is 16.2. The number of Topliss-reactive ketones (excluding diaryl/α,β-unsaturated/α-hetero) is 1. The Hall–Kier alpha value is -9.36. The number of rotatable bonds is 19. The lowest BCUT2D eigenvalue weighted by atomic mass is 10.1. The number of carbonyl (C=O) groups is 9. The van der Waals surface area contributed by atoms with Gasteiger partial charge in [0.05, 0.1) is 59.2 Å². The minimum atomic E-state index is -1.25. The number of likely N-dealkylation sites (tertiary alicyclic amines) is 2. The largest absolute Gasteiger partial charge is 0.497 e. The molecule has 27 nitrogen and oxygen atoms in total. The molecule has 28 heteroatoms. The van der Waals surface area contributed by atoms with E-state index in [4.69, 9.17) is 55.0 Å². The van der Waals surface area contributed by atoms with Crippen LogP contribution < -0.4 is 29.6 Å². The third kappa shape index (κ3) is 17.1. The molecule has 0 radical (unpaired) electrons. The van der Waals surface area contributed by atoms with E-state index in [2.05, 4.69) is 43.3 Å².